The van der Waals surface area contributed by atoms with Crippen LogP contribution in [0.15, 0.2) is 42.5 Å². The number of carbonyl (C=O) groups excluding carboxylic acids is 1. The summed E-state index contributed by atoms with van der Waals surface area (Å²) in [6.45, 7) is 1.67. The molecule has 0 saturated carbocycles. The van der Waals surface area contributed by atoms with Crippen molar-refractivity contribution in [3.05, 3.63) is 48.0 Å². The maximum absolute atomic E-state index is 11.7. The first kappa shape index (κ1) is 9.48. The maximum atomic E-state index is 11.7. The predicted molar refractivity (Wildman–Crippen MR) is 61.7 cm³/mol. The van der Waals surface area contributed by atoms with Crippen molar-refractivity contribution in [3.63, 3.8) is 0 Å². The Bertz CT molecular complexity index is 565. The van der Waals surface area contributed by atoms with E-state index in [-0.39, 0.29) is 5.78 Å². The normalized spacial score (nSPS) is 9.40. The average Bonchev–Trinajstić information content (AvgIpc) is 2.28. The van der Waals surface area contributed by atoms with Crippen molar-refractivity contribution >= 4 is 16.6 Å². The fourth-order valence-electron chi connectivity index (χ4n) is 1.60. The molecule has 0 bridgehead atoms. The summed E-state index contributed by atoms with van der Waals surface area (Å²) >= 11 is 0. The van der Waals surface area contributed by atoms with Crippen LogP contribution in [0.2, 0.25) is 0 Å². The van der Waals surface area contributed by atoms with E-state index in [0.717, 1.165) is 10.8 Å². The second kappa shape index (κ2) is 3.98. The second-order valence-corrected chi connectivity index (χ2v) is 3.23. The molecule has 0 saturated heterocycles. The molecule has 0 unspecified atom stereocenters. The summed E-state index contributed by atoms with van der Waals surface area (Å²) in [5.74, 6) is 5.08. The Morgan fingerprint density at radius 3 is 2.60 bits per heavy atom. The molecular formula is C14H10O. The van der Waals surface area contributed by atoms with Crippen LogP contribution in [0.1, 0.15) is 17.3 Å². The summed E-state index contributed by atoms with van der Waals surface area (Å²) in [6.07, 6.45) is 0. The van der Waals surface area contributed by atoms with E-state index >= 15 is 0 Å². The standard InChI is InChI=1S/C14H10O/c1-2-6-14(15)13-10-5-8-11-7-3-4-9-12(11)13/h3-5,7-10H,1H3. The minimum Gasteiger partial charge on any atom is -0.279 e. The van der Waals surface area contributed by atoms with Crippen LogP contribution in [0, 0.1) is 11.8 Å². The fraction of sp³-hybridized carbons (Fsp3) is 0.0714. The smallest absolute Gasteiger partial charge is 0.236 e. The van der Waals surface area contributed by atoms with Crippen LogP contribution >= 0.6 is 0 Å². The van der Waals surface area contributed by atoms with Gasteiger partial charge in [-0.25, -0.2) is 0 Å². The minimum absolute atomic E-state index is 0.116. The summed E-state index contributed by atoms with van der Waals surface area (Å²) < 4.78 is 0. The molecule has 0 amide bonds. The molecule has 72 valence electrons. The third-order valence-electron chi connectivity index (χ3n) is 2.27. The molecule has 0 N–H and O–H groups in total. The molecule has 2 aromatic rings. The first-order valence-corrected chi connectivity index (χ1v) is 4.78. The molecule has 0 radical (unpaired) electrons. The topological polar surface area (TPSA) is 17.1 Å². The first-order valence-electron chi connectivity index (χ1n) is 4.78. The van der Waals surface area contributed by atoms with Gasteiger partial charge in [-0.1, -0.05) is 42.3 Å². The number of ketones is 1. The molecular weight excluding hydrogens is 184 g/mol. The zero-order valence-corrected chi connectivity index (χ0v) is 8.45. The van der Waals surface area contributed by atoms with E-state index in [0.29, 0.717) is 5.56 Å². The lowest BCUT2D eigenvalue weighted by Gasteiger charge is -2.01. The van der Waals surface area contributed by atoms with Gasteiger partial charge >= 0.3 is 0 Å². The molecule has 0 aliphatic rings. The lowest BCUT2D eigenvalue weighted by molar-refractivity contribution is 0.105. The highest BCUT2D eigenvalue weighted by atomic mass is 16.1. The van der Waals surface area contributed by atoms with Crippen molar-refractivity contribution in [3.8, 4) is 11.8 Å². The fourth-order valence-corrected chi connectivity index (χ4v) is 1.60. The van der Waals surface area contributed by atoms with Crippen molar-refractivity contribution < 1.29 is 4.79 Å². The number of Topliss-reactive ketones (excluding diaryl/α,β-unsaturated/α-hetero) is 1. The molecule has 0 aromatic heterocycles. The summed E-state index contributed by atoms with van der Waals surface area (Å²) in [4.78, 5) is 11.7. The van der Waals surface area contributed by atoms with Crippen LogP contribution in [0.5, 0.6) is 0 Å². The van der Waals surface area contributed by atoms with Crippen LogP contribution < -0.4 is 0 Å². The highest BCUT2D eigenvalue weighted by Crippen LogP contribution is 2.18. The van der Waals surface area contributed by atoms with Crippen LogP contribution in [0.4, 0.5) is 0 Å². The molecule has 2 aromatic carbocycles. The Balaban J connectivity index is 2.69. The zero-order chi connectivity index (χ0) is 10.7. The molecule has 0 aliphatic carbocycles. The summed E-state index contributed by atoms with van der Waals surface area (Å²) in [5, 5.41) is 2.04. The number of rotatable bonds is 1. The van der Waals surface area contributed by atoms with Gasteiger partial charge in [0.1, 0.15) is 0 Å². The Kier molecular flexibility index (Phi) is 2.51. The van der Waals surface area contributed by atoms with Gasteiger partial charge in [-0.3, -0.25) is 4.79 Å². The highest BCUT2D eigenvalue weighted by molar-refractivity contribution is 6.16. The summed E-state index contributed by atoms with van der Waals surface area (Å²) in [6, 6.07) is 13.5. The zero-order valence-electron chi connectivity index (χ0n) is 8.45. The van der Waals surface area contributed by atoms with Gasteiger partial charge in [-0.15, -0.1) is 0 Å². The maximum Gasteiger partial charge on any atom is 0.236 e. The van der Waals surface area contributed by atoms with Crippen LogP contribution in [-0.4, -0.2) is 5.78 Å². The van der Waals surface area contributed by atoms with Gasteiger partial charge < -0.3 is 0 Å². The Morgan fingerprint density at radius 2 is 1.80 bits per heavy atom. The SMILES string of the molecule is CC#CC(=O)c1cccc2ccccc12. The monoisotopic (exact) mass is 194 g/mol. The van der Waals surface area contributed by atoms with Gasteiger partial charge in [0.25, 0.3) is 0 Å². The van der Waals surface area contributed by atoms with Gasteiger partial charge in [0.05, 0.1) is 0 Å². The molecule has 15 heavy (non-hydrogen) atoms. The number of hydrogen-bond acceptors (Lipinski definition) is 1. The molecule has 1 heteroatoms. The van der Waals surface area contributed by atoms with Gasteiger partial charge in [0.15, 0.2) is 0 Å². The van der Waals surface area contributed by atoms with E-state index in [4.69, 9.17) is 0 Å². The van der Waals surface area contributed by atoms with Crippen LogP contribution in [0.3, 0.4) is 0 Å². The molecule has 0 aliphatic heterocycles. The number of benzene rings is 2. The van der Waals surface area contributed by atoms with Crippen molar-refractivity contribution in [2.24, 2.45) is 0 Å². The largest absolute Gasteiger partial charge is 0.279 e. The van der Waals surface area contributed by atoms with Crippen LogP contribution in [0.25, 0.3) is 10.8 Å². The van der Waals surface area contributed by atoms with E-state index in [1.165, 1.54) is 0 Å². The average molecular weight is 194 g/mol. The Labute approximate surface area is 88.7 Å². The third-order valence-corrected chi connectivity index (χ3v) is 2.27. The van der Waals surface area contributed by atoms with Crippen molar-refractivity contribution in [1.82, 2.24) is 0 Å². The van der Waals surface area contributed by atoms with Gasteiger partial charge in [-0.05, 0) is 29.7 Å². The molecule has 0 fully saturated rings. The number of hydrogen-bond donors (Lipinski definition) is 0. The number of carbonyl (C=O) groups is 1. The van der Waals surface area contributed by atoms with Gasteiger partial charge in [-0.2, -0.15) is 0 Å². The quantitative estimate of drug-likeness (QED) is 0.387. The van der Waals surface area contributed by atoms with E-state index in [1.54, 1.807) is 6.92 Å². The third kappa shape index (κ3) is 1.75. The van der Waals surface area contributed by atoms with E-state index in [1.807, 2.05) is 42.5 Å². The van der Waals surface area contributed by atoms with Crippen molar-refractivity contribution in [1.29, 1.82) is 0 Å². The van der Waals surface area contributed by atoms with Crippen molar-refractivity contribution in [2.75, 3.05) is 0 Å². The minimum atomic E-state index is -0.116. The Hall–Kier alpha value is -2.07. The lowest BCUT2D eigenvalue weighted by atomic mass is 10.0. The van der Waals surface area contributed by atoms with E-state index in [2.05, 4.69) is 11.8 Å². The molecule has 2 rings (SSSR count). The van der Waals surface area contributed by atoms with E-state index < -0.39 is 0 Å². The second-order valence-electron chi connectivity index (χ2n) is 3.23. The van der Waals surface area contributed by atoms with Gasteiger partial charge in [0, 0.05) is 5.56 Å². The van der Waals surface area contributed by atoms with Gasteiger partial charge in [0.2, 0.25) is 5.78 Å². The Morgan fingerprint density at radius 1 is 1.07 bits per heavy atom. The molecule has 0 spiro atoms. The molecule has 1 nitrogen and oxygen atoms in total. The van der Waals surface area contributed by atoms with Crippen molar-refractivity contribution in [2.45, 2.75) is 6.92 Å². The van der Waals surface area contributed by atoms with E-state index in [9.17, 15) is 4.79 Å². The predicted octanol–water partition coefficient (Wildman–Crippen LogP) is 3.05. The highest BCUT2D eigenvalue weighted by Gasteiger charge is 2.05. The van der Waals surface area contributed by atoms with Crippen LogP contribution in [-0.2, 0) is 0 Å². The molecule has 0 heterocycles. The number of fused-ring (bicyclic) bond motifs is 1. The molecule has 0 atom stereocenters. The first-order chi connectivity index (χ1) is 7.33. The summed E-state index contributed by atoms with van der Waals surface area (Å²) in [7, 11) is 0. The lowest BCUT2D eigenvalue weighted by Crippen LogP contribution is -1.95. The summed E-state index contributed by atoms with van der Waals surface area (Å²) in [5.41, 5.74) is 0.683.